The molecule has 492 valence electrons. The lowest BCUT2D eigenvalue weighted by molar-refractivity contribution is 1.06. The summed E-state index contributed by atoms with van der Waals surface area (Å²) in [5.41, 5.74) is 23.0. The summed E-state index contributed by atoms with van der Waals surface area (Å²) in [7, 11) is 0. The van der Waals surface area contributed by atoms with E-state index in [0.29, 0.717) is 0 Å². The van der Waals surface area contributed by atoms with Crippen LogP contribution in [-0.4, -0.2) is 23.9 Å². The quantitative estimate of drug-likeness (QED) is 0.144. The molecule has 0 radical (unpaired) electrons. The van der Waals surface area contributed by atoms with Gasteiger partial charge in [-0.25, -0.2) is 0 Å². The smallest absolute Gasteiger partial charge is 0.101 e. The largest absolute Gasteiger partial charge is 0.309 e. The predicted molar refractivity (Wildman–Crippen MR) is 454 cm³/mol. The molecule has 7 aromatic heterocycles. The van der Waals surface area contributed by atoms with Crippen LogP contribution < -0.4 is 0 Å². The number of hydrogen-bond donors (Lipinski definition) is 0. The van der Waals surface area contributed by atoms with E-state index in [9.17, 15) is 0 Å². The van der Waals surface area contributed by atoms with Crippen molar-refractivity contribution in [3.63, 3.8) is 0 Å². The van der Waals surface area contributed by atoms with E-state index in [4.69, 9.17) is 10.2 Å². The Bertz CT molecular complexity index is 7680. The molecule has 7 heterocycles. The van der Waals surface area contributed by atoms with Gasteiger partial charge in [0.2, 0.25) is 0 Å². The van der Waals surface area contributed by atoms with Crippen LogP contribution in [-0.2, 0) is 0 Å². The molecule has 0 saturated carbocycles. The molecule has 8 heteroatoms. The molecule has 0 amide bonds. The highest BCUT2D eigenvalue weighted by atomic mass is 32.1. The molecule has 0 aliphatic carbocycles. The van der Waals surface area contributed by atoms with Gasteiger partial charge in [0.15, 0.2) is 0 Å². The van der Waals surface area contributed by atoms with E-state index in [1.165, 1.54) is 126 Å². The topological polar surface area (TPSA) is 40.6 Å². The number of aromatic nitrogens is 5. The first-order valence-corrected chi connectivity index (χ1v) is 38.4. The summed E-state index contributed by atoms with van der Waals surface area (Å²) in [6.45, 7) is 0. The van der Waals surface area contributed by atoms with E-state index in [1.807, 2.05) is 34.0 Å². The van der Waals surface area contributed by atoms with Crippen molar-refractivity contribution in [1.82, 2.24) is 23.9 Å². The molecule has 0 atom stereocenters. The Kier molecular flexibility index (Phi) is 13.0. The lowest BCUT2D eigenvalue weighted by Gasteiger charge is -2.15. The Morgan fingerprint density at radius 2 is 0.425 bits per heavy atom. The maximum absolute atomic E-state index is 5.39. The van der Waals surface area contributed by atoms with Crippen LogP contribution in [0.2, 0.25) is 0 Å². The summed E-state index contributed by atoms with van der Waals surface area (Å²) in [5.74, 6) is 0. The van der Waals surface area contributed by atoms with E-state index < -0.39 is 0 Å². The summed E-state index contributed by atoms with van der Waals surface area (Å²) in [5, 5.41) is 27.8. The Labute approximate surface area is 619 Å². The van der Waals surface area contributed by atoms with Gasteiger partial charge in [-0.1, -0.05) is 194 Å². The van der Waals surface area contributed by atoms with Crippen molar-refractivity contribution < 1.29 is 0 Å². The molecule has 0 spiro atoms. The zero-order valence-corrected chi connectivity index (χ0v) is 59.3. The highest BCUT2D eigenvalue weighted by molar-refractivity contribution is 7.26. The Hall–Kier alpha value is -13.1. The van der Waals surface area contributed by atoms with Gasteiger partial charge in [-0.3, -0.25) is 0 Å². The second-order valence-electron chi connectivity index (χ2n) is 28.0. The first-order valence-electron chi connectivity index (χ1n) is 36.0. The van der Waals surface area contributed by atoms with Crippen LogP contribution in [0, 0.1) is 0 Å². The standard InChI is InChI=1S/C98H57N5S3/c1-7-28-85-71(22-1)78-51-60(63-38-45-94-81(54-63)74-25-4-10-31-91(74)104-94)35-42-88(78)101(85)68-19-13-16-58(48-68)59-34-41-77-84(57-59)98(67-18-15-21-70(50-67)103-87-30-9-3-24-73(87)80-53-62(37-44-90(80)103)65-40-47-96-83(56-65)76-27-6-12-33-93(76)106-96)100-99-97(77)66-17-14-20-69(49-66)102-86-29-8-2-23-72(86)79-52-61(36-43-89(79)102)64-39-46-95-82(55-64)75-26-5-11-32-92(75)105-95/h1-57H. The zero-order chi connectivity index (χ0) is 69.2. The first kappa shape index (κ1) is 59.4. The third-order valence-electron chi connectivity index (χ3n) is 22.1. The maximum Gasteiger partial charge on any atom is 0.101 e. The molecule has 0 saturated heterocycles. The minimum Gasteiger partial charge on any atom is -0.309 e. The second kappa shape index (κ2) is 23.2. The molecule has 0 fully saturated rings. The summed E-state index contributed by atoms with van der Waals surface area (Å²) in [6, 6.07) is 128. The van der Waals surface area contributed by atoms with Crippen LogP contribution in [0.4, 0.5) is 0 Å². The van der Waals surface area contributed by atoms with Crippen molar-refractivity contribution in [3.05, 3.63) is 346 Å². The van der Waals surface area contributed by atoms with Gasteiger partial charge in [0, 0.05) is 132 Å². The summed E-state index contributed by atoms with van der Waals surface area (Å²) >= 11 is 5.58. The molecular weight excluding hydrogens is 1340 g/mol. The molecule has 0 aliphatic rings. The number of nitrogens with zero attached hydrogens (tertiary/aromatic N) is 5. The lowest BCUT2D eigenvalue weighted by Crippen LogP contribution is -1.99. The Morgan fingerprint density at radius 3 is 0.811 bits per heavy atom. The number of thiophene rings is 3. The molecule has 23 rings (SSSR count). The predicted octanol–water partition coefficient (Wildman–Crippen LogP) is 28.0. The van der Waals surface area contributed by atoms with Crippen molar-refractivity contribution in [1.29, 1.82) is 0 Å². The van der Waals surface area contributed by atoms with Crippen molar-refractivity contribution in [2.45, 2.75) is 0 Å². The van der Waals surface area contributed by atoms with E-state index >= 15 is 0 Å². The molecule has 0 unspecified atom stereocenters. The van der Waals surface area contributed by atoms with Crippen molar-refractivity contribution in [2.75, 3.05) is 0 Å². The monoisotopic (exact) mass is 1400 g/mol. The van der Waals surface area contributed by atoms with E-state index in [-0.39, 0.29) is 0 Å². The van der Waals surface area contributed by atoms with Gasteiger partial charge >= 0.3 is 0 Å². The maximum atomic E-state index is 5.39. The first-order chi connectivity index (χ1) is 52.5. The molecule has 0 aliphatic heterocycles. The number of fused-ring (bicyclic) bond motifs is 19. The van der Waals surface area contributed by atoms with Crippen molar-refractivity contribution in [2.24, 2.45) is 0 Å². The van der Waals surface area contributed by atoms with Gasteiger partial charge in [-0.05, 0) is 196 Å². The fourth-order valence-electron chi connectivity index (χ4n) is 17.2. The van der Waals surface area contributed by atoms with Crippen LogP contribution in [0.1, 0.15) is 0 Å². The number of rotatable bonds is 9. The highest BCUT2D eigenvalue weighted by Crippen LogP contribution is 2.46. The average Bonchev–Trinajstić information content (AvgIpc) is 1.53. The number of hydrogen-bond acceptors (Lipinski definition) is 5. The van der Waals surface area contributed by atoms with E-state index in [2.05, 4.69) is 359 Å². The normalized spacial score (nSPS) is 12.2. The van der Waals surface area contributed by atoms with Crippen LogP contribution in [0.15, 0.2) is 346 Å². The molecule has 0 bridgehead atoms. The Morgan fingerprint density at radius 1 is 0.160 bits per heavy atom. The second-order valence-corrected chi connectivity index (χ2v) is 31.2. The van der Waals surface area contributed by atoms with Gasteiger partial charge in [0.25, 0.3) is 0 Å². The third kappa shape index (κ3) is 9.18. The minimum atomic E-state index is 0.809. The molecule has 23 aromatic rings. The SMILES string of the molecule is c1cc(-c2ccc3c(-c4cccc(-n5c6ccccc6c6cc(-c7ccc8sc9ccccc9c8c7)ccc65)c4)nnc(-c4cccc(-n5c6ccccc6c6cc(-c7ccc8sc9ccccc9c8c7)ccc65)c4)c3c2)cc(-n2c3ccccc3c3cc(-c4ccc5sc6ccccc6c5c4)ccc32)c1. The molecule has 0 N–H and O–H groups in total. The Balaban J connectivity index is 0.666. The van der Waals surface area contributed by atoms with Crippen LogP contribution in [0.3, 0.4) is 0 Å². The summed E-state index contributed by atoms with van der Waals surface area (Å²) in [6.07, 6.45) is 0. The average molecular weight is 1400 g/mol. The number of benzene rings is 16. The van der Waals surface area contributed by atoms with Crippen LogP contribution >= 0.6 is 34.0 Å². The minimum absolute atomic E-state index is 0.809. The van der Waals surface area contributed by atoms with Crippen LogP contribution in [0.5, 0.6) is 0 Å². The molecular formula is C98H57N5S3. The van der Waals surface area contributed by atoms with E-state index in [0.717, 1.165) is 94.6 Å². The van der Waals surface area contributed by atoms with Gasteiger partial charge in [0.1, 0.15) is 11.4 Å². The van der Waals surface area contributed by atoms with Crippen molar-refractivity contribution >= 4 is 171 Å². The zero-order valence-electron chi connectivity index (χ0n) is 56.9. The van der Waals surface area contributed by atoms with Gasteiger partial charge in [-0.2, -0.15) is 0 Å². The van der Waals surface area contributed by atoms with Gasteiger partial charge < -0.3 is 13.7 Å². The molecule has 106 heavy (non-hydrogen) atoms. The summed E-state index contributed by atoms with van der Waals surface area (Å²) < 4.78 is 15.1. The molecule has 16 aromatic carbocycles. The van der Waals surface area contributed by atoms with Crippen LogP contribution in [0.25, 0.3) is 221 Å². The lowest BCUT2D eigenvalue weighted by atomic mass is 9.95. The fourth-order valence-corrected chi connectivity index (χ4v) is 20.4. The summed E-state index contributed by atoms with van der Waals surface area (Å²) in [4.78, 5) is 0. The molecule has 5 nitrogen and oxygen atoms in total. The van der Waals surface area contributed by atoms with Crippen molar-refractivity contribution in [3.8, 4) is 84.1 Å². The number of para-hydroxylation sites is 3. The highest BCUT2D eigenvalue weighted by Gasteiger charge is 2.23. The third-order valence-corrected chi connectivity index (χ3v) is 25.6. The van der Waals surface area contributed by atoms with Gasteiger partial charge in [0.05, 0.1) is 33.1 Å². The fraction of sp³-hybridized carbons (Fsp3) is 0. The van der Waals surface area contributed by atoms with Gasteiger partial charge in [-0.15, -0.1) is 44.2 Å². The van der Waals surface area contributed by atoms with E-state index in [1.54, 1.807) is 0 Å².